The van der Waals surface area contributed by atoms with E-state index in [1.807, 2.05) is 55.7 Å². The third kappa shape index (κ3) is 20.8. The van der Waals surface area contributed by atoms with Crippen molar-refractivity contribution in [2.45, 2.75) is 162 Å². The van der Waals surface area contributed by atoms with E-state index in [1.165, 1.54) is 17.1 Å². The van der Waals surface area contributed by atoms with Crippen LogP contribution in [0.3, 0.4) is 0 Å². The zero-order valence-electron chi connectivity index (χ0n) is 50.1. The van der Waals surface area contributed by atoms with Crippen LogP contribution in [0.2, 0.25) is 0 Å². The lowest BCUT2D eigenvalue weighted by Crippen LogP contribution is -2.47. The van der Waals surface area contributed by atoms with Crippen molar-refractivity contribution in [1.82, 2.24) is 35.6 Å². The Morgan fingerprint density at radius 3 is 2.16 bits per heavy atom. The van der Waals surface area contributed by atoms with Crippen molar-refractivity contribution in [2.24, 2.45) is 40.6 Å². The second-order valence-corrected chi connectivity index (χ2v) is 24.0. The number of aliphatic hydroxyl groups is 1. The topological polar surface area (TPSA) is 323 Å². The number of primary amides is 1. The van der Waals surface area contributed by atoms with Crippen LogP contribution in [0, 0.1) is 40.7 Å². The molecular weight excluding hydrogens is 1110 g/mol. The SMILES string of the molecule is CC(C)[C@H](NC(=O)CCCCCN1C(=O)C=CC1=O)C(=O)C[C@@H](CCCNC(N)=O)C(=O)N[C@@H](CCCCNC(=O)[C@@H]1CCC[C@@H]1CC(=O)[C@@H](N)CCN(C(=O)CO)[C@@H](c1cc(-c2cc(F)ccc2F)cn1Cc1ccccc1)C(C)(C)C)C(=O)O. The molecule has 0 radical (unpaired) electrons. The van der Waals surface area contributed by atoms with Gasteiger partial charge in [-0.15, -0.1) is 0 Å². The normalized spacial score (nSPS) is 16.7. The first-order valence-corrected chi connectivity index (χ1v) is 29.9. The van der Waals surface area contributed by atoms with Gasteiger partial charge in [-0.1, -0.05) is 77.8 Å². The highest BCUT2D eigenvalue weighted by Crippen LogP contribution is 2.42. The molecule has 7 atom stereocenters. The first-order chi connectivity index (χ1) is 40.8. The highest BCUT2D eigenvalue weighted by atomic mass is 19.1. The number of nitrogens with two attached hydrogens (primary N) is 2. The van der Waals surface area contributed by atoms with Gasteiger partial charge < -0.3 is 52.4 Å². The van der Waals surface area contributed by atoms with Crippen LogP contribution in [0.5, 0.6) is 0 Å². The second kappa shape index (κ2) is 33.3. The lowest BCUT2D eigenvalue weighted by Gasteiger charge is -2.41. The summed E-state index contributed by atoms with van der Waals surface area (Å²) in [4.78, 5) is 132. The highest BCUT2D eigenvalue weighted by molar-refractivity contribution is 6.12. The summed E-state index contributed by atoms with van der Waals surface area (Å²) >= 11 is 0. The van der Waals surface area contributed by atoms with E-state index >= 15 is 4.39 Å². The number of nitrogens with one attached hydrogen (secondary N) is 4. The Kier molecular flexibility index (Phi) is 26.8. The Labute approximate surface area is 501 Å². The molecule has 3 aromatic rings. The van der Waals surface area contributed by atoms with Gasteiger partial charge >= 0.3 is 12.0 Å². The molecule has 470 valence electrons. The van der Waals surface area contributed by atoms with E-state index in [2.05, 4.69) is 21.3 Å². The molecule has 0 spiro atoms. The van der Waals surface area contributed by atoms with E-state index in [9.17, 15) is 62.5 Å². The Balaban J connectivity index is 1.13. The number of aliphatic hydroxyl groups excluding tert-OH is 1. The van der Waals surface area contributed by atoms with Gasteiger partial charge in [0, 0.05) is 99.0 Å². The summed E-state index contributed by atoms with van der Waals surface area (Å²) < 4.78 is 31.6. The van der Waals surface area contributed by atoms with Crippen molar-refractivity contribution >= 4 is 59.0 Å². The number of benzene rings is 2. The van der Waals surface area contributed by atoms with Crippen LogP contribution in [0.15, 0.2) is 72.9 Å². The average molecular weight is 1200 g/mol. The lowest BCUT2D eigenvalue weighted by atomic mass is 9.82. The molecule has 86 heavy (non-hydrogen) atoms. The number of carbonyl (C=O) groups excluding carboxylic acids is 9. The molecule has 2 heterocycles. The first-order valence-electron chi connectivity index (χ1n) is 29.9. The Morgan fingerprint density at radius 1 is 0.814 bits per heavy atom. The van der Waals surface area contributed by atoms with E-state index in [0.717, 1.165) is 28.7 Å². The van der Waals surface area contributed by atoms with Crippen LogP contribution in [0.4, 0.5) is 13.6 Å². The van der Waals surface area contributed by atoms with Crippen molar-refractivity contribution in [3.63, 3.8) is 0 Å². The predicted molar refractivity (Wildman–Crippen MR) is 317 cm³/mol. The Hall–Kier alpha value is -7.66. The van der Waals surface area contributed by atoms with E-state index in [0.29, 0.717) is 62.7 Å². The third-order valence-corrected chi connectivity index (χ3v) is 16.0. The number of imide groups is 1. The number of hydrogen-bond donors (Lipinski definition) is 8. The lowest BCUT2D eigenvalue weighted by molar-refractivity contribution is -0.143. The number of halogens is 2. The van der Waals surface area contributed by atoms with Gasteiger partial charge in [-0.05, 0) is 111 Å². The van der Waals surface area contributed by atoms with Gasteiger partial charge in [-0.3, -0.25) is 43.3 Å². The van der Waals surface area contributed by atoms with Gasteiger partial charge in [0.2, 0.25) is 23.6 Å². The van der Waals surface area contributed by atoms with E-state index in [-0.39, 0.29) is 118 Å². The molecule has 23 heteroatoms. The van der Waals surface area contributed by atoms with Crippen molar-refractivity contribution in [2.75, 3.05) is 32.8 Å². The summed E-state index contributed by atoms with van der Waals surface area (Å²) in [6.45, 7) is 9.15. The summed E-state index contributed by atoms with van der Waals surface area (Å²) in [6.07, 6.45) is 8.07. The summed E-state index contributed by atoms with van der Waals surface area (Å²) in [5.74, 6) is -8.29. The van der Waals surface area contributed by atoms with Gasteiger partial charge in [0.1, 0.15) is 30.1 Å². The van der Waals surface area contributed by atoms with Crippen molar-refractivity contribution in [3.05, 3.63) is 95.8 Å². The maximum absolute atomic E-state index is 15.3. The number of Topliss-reactive ketones (excluding diaryl/α,β-unsaturated/α-hetero) is 2. The summed E-state index contributed by atoms with van der Waals surface area (Å²) in [7, 11) is 0. The largest absolute Gasteiger partial charge is 0.480 e. The quantitative estimate of drug-likeness (QED) is 0.0245. The number of amides is 8. The first kappa shape index (κ1) is 69.1. The number of ketones is 2. The van der Waals surface area contributed by atoms with Crippen LogP contribution in [0.25, 0.3) is 11.1 Å². The summed E-state index contributed by atoms with van der Waals surface area (Å²) in [5, 5.41) is 31.2. The average Bonchev–Trinajstić information content (AvgIpc) is 1.86. The van der Waals surface area contributed by atoms with E-state index in [1.54, 1.807) is 26.1 Å². The summed E-state index contributed by atoms with van der Waals surface area (Å²) in [5.41, 5.74) is 13.0. The predicted octanol–water partition coefficient (Wildman–Crippen LogP) is 5.99. The molecule has 1 saturated carbocycles. The number of unbranched alkanes of at least 4 members (excludes halogenated alkanes) is 3. The second-order valence-electron chi connectivity index (χ2n) is 24.0. The maximum Gasteiger partial charge on any atom is 0.326 e. The van der Waals surface area contributed by atoms with Crippen molar-refractivity contribution in [3.8, 4) is 11.1 Å². The van der Waals surface area contributed by atoms with Gasteiger partial charge in [0.05, 0.1) is 18.1 Å². The van der Waals surface area contributed by atoms with Crippen molar-refractivity contribution in [1.29, 1.82) is 0 Å². The van der Waals surface area contributed by atoms with Gasteiger partial charge in [-0.25, -0.2) is 18.4 Å². The number of rotatable bonds is 36. The fourth-order valence-corrected chi connectivity index (χ4v) is 11.4. The van der Waals surface area contributed by atoms with Crippen LogP contribution >= 0.6 is 0 Å². The van der Waals surface area contributed by atoms with Crippen LogP contribution in [-0.2, 0) is 49.7 Å². The van der Waals surface area contributed by atoms with Gasteiger partial charge in [0.25, 0.3) is 11.8 Å². The molecule has 1 aromatic heterocycles. The number of carboxylic acids is 1. The number of aromatic nitrogens is 1. The molecule has 8 amide bonds. The molecule has 1 fully saturated rings. The van der Waals surface area contributed by atoms with Gasteiger partial charge in [0.15, 0.2) is 5.78 Å². The zero-order valence-corrected chi connectivity index (χ0v) is 50.1. The molecule has 0 bridgehead atoms. The standard InChI is InChI=1S/C63H87F2N9O12/c1-39(2)57(71-53(78)22-10-7-13-30-73-54(79)25-26-55(73)80)52(77)34-42(19-15-29-69-62(67)86)59(82)70-49(61(84)85)21-11-12-28-68-60(83)45-20-14-18-41(45)33-51(76)48(66)27-31-74(56(81)38-75)58(63(3,4)5)50-32-43(46-35-44(64)23-24-47(46)65)37-72(50)36-40-16-8-6-9-17-40/h6,8-9,16-17,23-26,32,35,37,39,41-42,45,48-49,57-58,75H,7,10-15,18-22,27-31,33-34,36,38,66H2,1-5H3,(H,68,83)(H,70,82)(H,71,78)(H,84,85)(H3,67,69,86)/t41-,42-,45-,48+,49+,57+,58+/m1/s1. The van der Waals surface area contributed by atoms with Gasteiger partial charge in [-0.2, -0.15) is 0 Å². The maximum atomic E-state index is 15.3. The fourth-order valence-electron chi connectivity index (χ4n) is 11.4. The van der Waals surface area contributed by atoms with Crippen LogP contribution in [-0.4, -0.2) is 135 Å². The summed E-state index contributed by atoms with van der Waals surface area (Å²) in [6, 6.07) is 9.51. The minimum Gasteiger partial charge on any atom is -0.480 e. The molecule has 5 rings (SSSR count). The van der Waals surface area contributed by atoms with Crippen LogP contribution < -0.4 is 32.7 Å². The minimum atomic E-state index is -1.35. The monoisotopic (exact) mass is 1200 g/mol. The number of carbonyl (C=O) groups is 10. The molecule has 2 aliphatic rings. The number of hydrogen-bond acceptors (Lipinski definition) is 12. The number of aliphatic carboxylic acids is 1. The molecular formula is C63H87F2N9O12. The number of urea groups is 1. The Bertz CT molecular complexity index is 2870. The smallest absolute Gasteiger partial charge is 0.326 e. The number of carboxylic acid groups (broad SMARTS) is 1. The Morgan fingerprint density at radius 2 is 1.51 bits per heavy atom. The zero-order chi connectivity index (χ0) is 63.3. The molecule has 21 nitrogen and oxygen atoms in total. The molecule has 0 saturated heterocycles. The minimum absolute atomic E-state index is 0.00801. The highest BCUT2D eigenvalue weighted by Gasteiger charge is 2.39. The number of nitrogens with zero attached hydrogens (tertiary/aromatic N) is 3. The van der Waals surface area contributed by atoms with E-state index < -0.39 is 95.2 Å². The molecule has 0 unspecified atom stereocenters. The molecule has 1 aliphatic carbocycles. The van der Waals surface area contributed by atoms with Crippen molar-refractivity contribution < 1.29 is 66.9 Å². The molecule has 1 aliphatic heterocycles. The van der Waals surface area contributed by atoms with Crippen LogP contribution in [0.1, 0.15) is 148 Å². The molecule has 2 aromatic carbocycles. The van der Waals surface area contributed by atoms with E-state index in [4.69, 9.17) is 11.5 Å². The fraction of sp³-hybridized carbons (Fsp3) is 0.556. The third-order valence-electron chi connectivity index (χ3n) is 16.0. The molecule has 10 N–H and O–H groups in total.